The quantitative estimate of drug-likeness (QED) is 0.666. The van der Waals surface area contributed by atoms with Crippen LogP contribution in [-0.2, 0) is 0 Å². The van der Waals surface area contributed by atoms with Gasteiger partial charge in [0, 0.05) is 6.04 Å². The van der Waals surface area contributed by atoms with Crippen LogP contribution in [0.5, 0.6) is 0 Å². The lowest BCUT2D eigenvalue weighted by Crippen LogP contribution is -2.50. The van der Waals surface area contributed by atoms with E-state index in [9.17, 15) is 0 Å². The highest BCUT2D eigenvalue weighted by molar-refractivity contribution is 4.88. The maximum absolute atomic E-state index is 3.76. The summed E-state index contributed by atoms with van der Waals surface area (Å²) in [5, 5.41) is 7.21. The van der Waals surface area contributed by atoms with Gasteiger partial charge < -0.3 is 10.6 Å². The van der Waals surface area contributed by atoms with Crippen LogP contribution >= 0.6 is 0 Å². The molecule has 0 aromatic rings. The molecule has 0 aromatic carbocycles. The van der Waals surface area contributed by atoms with Gasteiger partial charge in [-0.2, -0.15) is 0 Å². The Labute approximate surface area is 87.8 Å². The van der Waals surface area contributed by atoms with Crippen molar-refractivity contribution < 1.29 is 0 Å². The topological polar surface area (TPSA) is 24.1 Å². The van der Waals surface area contributed by atoms with E-state index in [0.717, 1.165) is 23.8 Å². The van der Waals surface area contributed by atoms with E-state index in [2.05, 4.69) is 24.5 Å². The molecule has 2 rings (SSSR count). The van der Waals surface area contributed by atoms with Gasteiger partial charge in [0.2, 0.25) is 0 Å². The lowest BCUT2D eigenvalue weighted by Gasteiger charge is -2.40. The molecule has 0 amide bonds. The molecule has 3 unspecified atom stereocenters. The van der Waals surface area contributed by atoms with Crippen LogP contribution in [0.15, 0.2) is 0 Å². The average molecular weight is 196 g/mol. The SMILES string of the molecule is CC1CNC(C2CCNCC2)C(C)C1. The van der Waals surface area contributed by atoms with Gasteiger partial charge in [0.15, 0.2) is 0 Å². The number of nitrogens with one attached hydrogen (secondary N) is 2. The second-order valence-electron chi connectivity index (χ2n) is 5.34. The third-order valence-electron chi connectivity index (χ3n) is 3.98. The predicted molar refractivity (Wildman–Crippen MR) is 60.3 cm³/mol. The maximum atomic E-state index is 3.76. The standard InChI is InChI=1S/C12H24N2/c1-9-7-10(2)12(14-8-9)11-3-5-13-6-4-11/h9-14H,3-8H2,1-2H3. The Morgan fingerprint density at radius 3 is 2.43 bits per heavy atom. The summed E-state index contributed by atoms with van der Waals surface area (Å²) in [4.78, 5) is 0. The molecule has 14 heavy (non-hydrogen) atoms. The van der Waals surface area contributed by atoms with E-state index < -0.39 is 0 Å². The van der Waals surface area contributed by atoms with Crippen molar-refractivity contribution in [3.05, 3.63) is 0 Å². The largest absolute Gasteiger partial charge is 0.317 e. The molecule has 0 radical (unpaired) electrons. The number of hydrogen-bond acceptors (Lipinski definition) is 2. The second kappa shape index (κ2) is 4.63. The van der Waals surface area contributed by atoms with Gasteiger partial charge in [-0.1, -0.05) is 13.8 Å². The monoisotopic (exact) mass is 196 g/mol. The first kappa shape index (κ1) is 10.4. The molecule has 0 aliphatic carbocycles. The summed E-state index contributed by atoms with van der Waals surface area (Å²) in [6.07, 6.45) is 4.16. The molecule has 82 valence electrons. The van der Waals surface area contributed by atoms with Gasteiger partial charge in [-0.15, -0.1) is 0 Å². The molecule has 2 heterocycles. The summed E-state index contributed by atoms with van der Waals surface area (Å²) in [6.45, 7) is 8.48. The van der Waals surface area contributed by atoms with Crippen LogP contribution < -0.4 is 10.6 Å². The fourth-order valence-corrected chi connectivity index (χ4v) is 3.24. The lowest BCUT2D eigenvalue weighted by atomic mass is 9.77. The van der Waals surface area contributed by atoms with Gasteiger partial charge in [0.05, 0.1) is 0 Å². The number of piperidine rings is 2. The normalized spacial score (nSPS) is 41.1. The van der Waals surface area contributed by atoms with Crippen LogP contribution in [-0.4, -0.2) is 25.7 Å². The molecule has 0 spiro atoms. The summed E-state index contributed by atoms with van der Waals surface area (Å²) < 4.78 is 0. The molecule has 0 bridgehead atoms. The molecule has 2 saturated heterocycles. The highest BCUT2D eigenvalue weighted by atomic mass is 15.0. The highest BCUT2D eigenvalue weighted by Gasteiger charge is 2.31. The van der Waals surface area contributed by atoms with Crippen LogP contribution in [0, 0.1) is 17.8 Å². The zero-order valence-corrected chi connectivity index (χ0v) is 9.55. The van der Waals surface area contributed by atoms with Gasteiger partial charge in [0.1, 0.15) is 0 Å². The van der Waals surface area contributed by atoms with E-state index in [1.54, 1.807) is 0 Å². The van der Waals surface area contributed by atoms with Gasteiger partial charge in [-0.05, 0) is 56.7 Å². The number of rotatable bonds is 1. The van der Waals surface area contributed by atoms with Crippen LogP contribution in [0.25, 0.3) is 0 Å². The summed E-state index contributed by atoms with van der Waals surface area (Å²) in [5.74, 6) is 2.68. The van der Waals surface area contributed by atoms with Crippen LogP contribution in [0.4, 0.5) is 0 Å². The van der Waals surface area contributed by atoms with Crippen molar-refractivity contribution in [3.8, 4) is 0 Å². The minimum Gasteiger partial charge on any atom is -0.317 e. The van der Waals surface area contributed by atoms with E-state index in [4.69, 9.17) is 0 Å². The molecule has 2 aliphatic heterocycles. The van der Waals surface area contributed by atoms with Crippen LogP contribution in [0.3, 0.4) is 0 Å². The predicted octanol–water partition coefficient (Wildman–Crippen LogP) is 1.62. The van der Waals surface area contributed by atoms with Gasteiger partial charge in [-0.3, -0.25) is 0 Å². The molecule has 2 N–H and O–H groups in total. The van der Waals surface area contributed by atoms with Crippen molar-refractivity contribution >= 4 is 0 Å². The molecular weight excluding hydrogens is 172 g/mol. The first-order valence-corrected chi connectivity index (χ1v) is 6.21. The van der Waals surface area contributed by atoms with Gasteiger partial charge >= 0.3 is 0 Å². The fraction of sp³-hybridized carbons (Fsp3) is 1.00. The molecule has 3 atom stereocenters. The smallest absolute Gasteiger partial charge is 0.0122 e. The summed E-state index contributed by atoms with van der Waals surface area (Å²) >= 11 is 0. The first-order chi connectivity index (χ1) is 6.77. The van der Waals surface area contributed by atoms with E-state index in [0.29, 0.717) is 0 Å². The molecule has 0 aromatic heterocycles. The Hall–Kier alpha value is -0.0800. The van der Waals surface area contributed by atoms with E-state index in [-0.39, 0.29) is 0 Å². The Morgan fingerprint density at radius 1 is 1.07 bits per heavy atom. The second-order valence-corrected chi connectivity index (χ2v) is 5.34. The Morgan fingerprint density at radius 2 is 1.79 bits per heavy atom. The third kappa shape index (κ3) is 2.29. The van der Waals surface area contributed by atoms with Crippen molar-refractivity contribution in [1.82, 2.24) is 10.6 Å². The zero-order chi connectivity index (χ0) is 9.97. The zero-order valence-electron chi connectivity index (χ0n) is 9.55. The molecule has 2 aliphatic rings. The first-order valence-electron chi connectivity index (χ1n) is 6.21. The highest BCUT2D eigenvalue weighted by Crippen LogP contribution is 2.29. The maximum Gasteiger partial charge on any atom is 0.0122 e. The van der Waals surface area contributed by atoms with Crippen molar-refractivity contribution in [2.75, 3.05) is 19.6 Å². The third-order valence-corrected chi connectivity index (χ3v) is 3.98. The van der Waals surface area contributed by atoms with Crippen LogP contribution in [0.1, 0.15) is 33.1 Å². The molecule has 2 nitrogen and oxygen atoms in total. The Balaban J connectivity index is 1.89. The Bertz CT molecular complexity index is 175. The average Bonchev–Trinajstić information content (AvgIpc) is 2.19. The van der Waals surface area contributed by atoms with Gasteiger partial charge in [-0.25, -0.2) is 0 Å². The van der Waals surface area contributed by atoms with E-state index in [1.165, 1.54) is 38.9 Å². The van der Waals surface area contributed by atoms with Crippen molar-refractivity contribution in [1.29, 1.82) is 0 Å². The summed E-state index contributed by atoms with van der Waals surface area (Å²) in [7, 11) is 0. The summed E-state index contributed by atoms with van der Waals surface area (Å²) in [6, 6.07) is 0.799. The molecule has 2 heteroatoms. The van der Waals surface area contributed by atoms with E-state index in [1.807, 2.05) is 0 Å². The Kier molecular flexibility index (Phi) is 3.45. The molecule has 0 saturated carbocycles. The van der Waals surface area contributed by atoms with Crippen molar-refractivity contribution in [2.45, 2.75) is 39.2 Å². The number of hydrogen-bond donors (Lipinski definition) is 2. The van der Waals surface area contributed by atoms with Crippen LogP contribution in [0.2, 0.25) is 0 Å². The van der Waals surface area contributed by atoms with Gasteiger partial charge in [0.25, 0.3) is 0 Å². The molecular formula is C12H24N2. The fourth-order valence-electron chi connectivity index (χ4n) is 3.24. The minimum atomic E-state index is 0.799. The van der Waals surface area contributed by atoms with Crippen molar-refractivity contribution in [3.63, 3.8) is 0 Å². The van der Waals surface area contributed by atoms with E-state index >= 15 is 0 Å². The lowest BCUT2D eigenvalue weighted by molar-refractivity contribution is 0.160. The van der Waals surface area contributed by atoms with Crippen molar-refractivity contribution in [2.24, 2.45) is 17.8 Å². The minimum absolute atomic E-state index is 0.799. The molecule has 2 fully saturated rings. The summed E-state index contributed by atoms with van der Waals surface area (Å²) in [5.41, 5.74) is 0.